The Labute approximate surface area is 140 Å². The van der Waals surface area contributed by atoms with Gasteiger partial charge in [-0.05, 0) is 58.3 Å². The Kier molecular flexibility index (Phi) is 5.09. The minimum Gasteiger partial charge on any atom is -0.377 e. The van der Waals surface area contributed by atoms with E-state index in [2.05, 4.69) is 6.92 Å². The molecule has 3 rings (SSSR count). The maximum Gasteiger partial charge on any atom is 0.362 e. The summed E-state index contributed by atoms with van der Waals surface area (Å²) in [6.07, 6.45) is 7.52. The van der Waals surface area contributed by atoms with E-state index < -0.39 is 12.9 Å². The van der Waals surface area contributed by atoms with Crippen LogP contribution in [-0.2, 0) is 13.6 Å². The average molecular weight is 342 g/mol. The number of rotatable bonds is 5. The zero-order valence-electron chi connectivity index (χ0n) is 14.7. The van der Waals surface area contributed by atoms with E-state index in [1.165, 1.54) is 24.0 Å². The number of aliphatic hydroxyl groups is 1. The van der Waals surface area contributed by atoms with Crippen LogP contribution in [0.15, 0.2) is 11.1 Å². The van der Waals surface area contributed by atoms with Crippen molar-refractivity contribution in [3.8, 4) is 0 Å². The normalized spacial score (nSPS) is 37.7. The van der Waals surface area contributed by atoms with Crippen LogP contribution in [0.4, 0.5) is 0 Å². The summed E-state index contributed by atoms with van der Waals surface area (Å²) in [5.74, 6) is 0.222. The van der Waals surface area contributed by atoms with Crippen LogP contribution in [0.25, 0.3) is 0 Å². The summed E-state index contributed by atoms with van der Waals surface area (Å²) in [6.45, 7) is 6.46. The summed E-state index contributed by atoms with van der Waals surface area (Å²) in [6, 6.07) is 0. The zero-order chi connectivity index (χ0) is 16.7. The quantitative estimate of drug-likeness (QED) is 0.571. The van der Waals surface area contributed by atoms with E-state index in [1.807, 2.05) is 13.8 Å². The Morgan fingerprint density at radius 2 is 1.70 bits per heavy atom. The summed E-state index contributed by atoms with van der Waals surface area (Å²) in [5.41, 5.74) is 2.91. The van der Waals surface area contributed by atoms with Gasteiger partial charge in [0.2, 0.25) is 0 Å². The third kappa shape index (κ3) is 2.57. The molecule has 0 aromatic rings. The molecular weight excluding hydrogens is 311 g/mol. The average Bonchev–Trinajstić information content (AvgIpc) is 2.53. The Morgan fingerprint density at radius 3 is 2.30 bits per heavy atom. The molecule has 0 aromatic heterocycles. The standard InChI is InChI=1S/C18H31O4P/c1-4-21-23(20,22-5-2)18(19)16-11-8-12-17(18)15-10-7-6-9-14(15)13(16)3/h13,16-17,19H,4-12H2,1-3H3/t13-,16+,17+,18-/m0/s1. The fourth-order valence-corrected chi connectivity index (χ4v) is 7.96. The topological polar surface area (TPSA) is 55.8 Å². The highest BCUT2D eigenvalue weighted by Crippen LogP contribution is 2.72. The van der Waals surface area contributed by atoms with Crippen LogP contribution in [0.2, 0.25) is 0 Å². The highest BCUT2D eigenvalue weighted by molar-refractivity contribution is 7.55. The number of allylic oxidation sites excluding steroid dienone is 1. The monoisotopic (exact) mass is 342 g/mol. The second-order valence-electron chi connectivity index (χ2n) is 7.25. The first-order valence-corrected chi connectivity index (χ1v) is 10.9. The van der Waals surface area contributed by atoms with E-state index in [-0.39, 0.29) is 17.8 Å². The molecule has 23 heavy (non-hydrogen) atoms. The Morgan fingerprint density at radius 1 is 1.09 bits per heavy atom. The molecule has 0 saturated heterocycles. The molecule has 1 N–H and O–H groups in total. The van der Waals surface area contributed by atoms with Gasteiger partial charge in [0.15, 0.2) is 5.34 Å². The lowest BCUT2D eigenvalue weighted by molar-refractivity contribution is -0.0651. The Hall–Kier alpha value is -0.150. The molecule has 1 saturated carbocycles. The molecule has 4 atom stereocenters. The first-order valence-electron chi connectivity index (χ1n) is 9.33. The van der Waals surface area contributed by atoms with Crippen LogP contribution in [0.1, 0.15) is 65.7 Å². The number of hydrogen-bond acceptors (Lipinski definition) is 4. The molecular formula is C18H31O4P. The fraction of sp³-hybridized carbons (Fsp3) is 0.889. The van der Waals surface area contributed by atoms with Crippen molar-refractivity contribution in [1.82, 2.24) is 0 Å². The molecule has 5 heteroatoms. The summed E-state index contributed by atoms with van der Waals surface area (Å²) in [7, 11) is -3.56. The predicted octanol–water partition coefficient (Wildman–Crippen LogP) is 4.88. The van der Waals surface area contributed by atoms with Crippen LogP contribution in [-0.4, -0.2) is 23.7 Å². The van der Waals surface area contributed by atoms with E-state index in [9.17, 15) is 9.67 Å². The molecule has 2 bridgehead atoms. The number of hydrogen-bond donors (Lipinski definition) is 1. The second kappa shape index (κ2) is 6.63. The van der Waals surface area contributed by atoms with Gasteiger partial charge in [-0.1, -0.05) is 24.5 Å². The molecule has 0 amide bonds. The first kappa shape index (κ1) is 17.7. The van der Waals surface area contributed by atoms with Crippen molar-refractivity contribution in [2.75, 3.05) is 13.2 Å². The highest BCUT2D eigenvalue weighted by atomic mass is 31.2. The van der Waals surface area contributed by atoms with Crippen molar-refractivity contribution in [2.24, 2.45) is 17.8 Å². The van der Waals surface area contributed by atoms with Crippen molar-refractivity contribution in [2.45, 2.75) is 71.1 Å². The van der Waals surface area contributed by atoms with E-state index in [4.69, 9.17) is 9.05 Å². The maximum absolute atomic E-state index is 13.6. The number of fused-ring (bicyclic) bond motifs is 3. The summed E-state index contributed by atoms with van der Waals surface area (Å²) < 4.78 is 24.9. The zero-order valence-corrected chi connectivity index (χ0v) is 15.6. The molecule has 0 aliphatic heterocycles. The molecule has 0 unspecified atom stereocenters. The maximum atomic E-state index is 13.6. The van der Waals surface area contributed by atoms with Gasteiger partial charge in [-0.3, -0.25) is 4.57 Å². The van der Waals surface area contributed by atoms with E-state index in [1.54, 1.807) is 0 Å². The molecule has 0 spiro atoms. The minimum absolute atomic E-state index is 0.0120. The van der Waals surface area contributed by atoms with Crippen LogP contribution in [0, 0.1) is 17.8 Å². The molecule has 1 fully saturated rings. The van der Waals surface area contributed by atoms with E-state index >= 15 is 0 Å². The summed E-state index contributed by atoms with van der Waals surface area (Å²) >= 11 is 0. The highest BCUT2D eigenvalue weighted by Gasteiger charge is 2.65. The Bertz CT molecular complexity index is 519. The molecule has 4 nitrogen and oxygen atoms in total. The summed E-state index contributed by atoms with van der Waals surface area (Å²) in [5, 5.41) is 10.5. The van der Waals surface area contributed by atoms with Crippen LogP contribution < -0.4 is 0 Å². The SMILES string of the molecule is CCOP(=O)(OCC)[C@]1(O)[C@@H]2CCC[C@@H]1[C@@H](C)C1=C2CCCC1. The van der Waals surface area contributed by atoms with Gasteiger partial charge in [0, 0.05) is 11.8 Å². The van der Waals surface area contributed by atoms with Crippen molar-refractivity contribution >= 4 is 7.60 Å². The van der Waals surface area contributed by atoms with Crippen molar-refractivity contribution in [1.29, 1.82) is 0 Å². The van der Waals surface area contributed by atoms with Gasteiger partial charge in [-0.15, -0.1) is 0 Å². The summed E-state index contributed by atoms with van der Waals surface area (Å²) in [4.78, 5) is 0. The first-order chi connectivity index (χ1) is 11.0. The third-order valence-corrected chi connectivity index (χ3v) is 8.95. The second-order valence-corrected chi connectivity index (χ2v) is 9.48. The third-order valence-electron chi connectivity index (χ3n) is 6.23. The molecule has 3 aliphatic carbocycles. The van der Waals surface area contributed by atoms with Crippen molar-refractivity contribution < 1.29 is 18.7 Å². The van der Waals surface area contributed by atoms with Gasteiger partial charge >= 0.3 is 7.60 Å². The van der Waals surface area contributed by atoms with Gasteiger partial charge in [0.25, 0.3) is 0 Å². The predicted molar refractivity (Wildman–Crippen MR) is 91.3 cm³/mol. The van der Waals surface area contributed by atoms with Crippen LogP contribution in [0.5, 0.6) is 0 Å². The molecule has 0 radical (unpaired) electrons. The smallest absolute Gasteiger partial charge is 0.362 e. The van der Waals surface area contributed by atoms with Gasteiger partial charge < -0.3 is 14.2 Å². The van der Waals surface area contributed by atoms with Crippen molar-refractivity contribution in [3.05, 3.63) is 11.1 Å². The lowest BCUT2D eigenvalue weighted by atomic mass is 9.59. The molecule has 132 valence electrons. The lowest BCUT2D eigenvalue weighted by Gasteiger charge is -2.55. The van der Waals surface area contributed by atoms with Gasteiger partial charge in [0.05, 0.1) is 13.2 Å². The minimum atomic E-state index is -3.56. The van der Waals surface area contributed by atoms with E-state index in [0.29, 0.717) is 13.2 Å². The van der Waals surface area contributed by atoms with Crippen LogP contribution in [0.3, 0.4) is 0 Å². The molecule has 0 aromatic carbocycles. The van der Waals surface area contributed by atoms with Gasteiger partial charge in [-0.2, -0.15) is 0 Å². The molecule has 0 heterocycles. The largest absolute Gasteiger partial charge is 0.377 e. The van der Waals surface area contributed by atoms with Gasteiger partial charge in [0.1, 0.15) is 0 Å². The van der Waals surface area contributed by atoms with Crippen molar-refractivity contribution in [3.63, 3.8) is 0 Å². The molecule has 3 aliphatic rings. The van der Waals surface area contributed by atoms with E-state index in [0.717, 1.165) is 32.1 Å². The lowest BCUT2D eigenvalue weighted by Crippen LogP contribution is -2.55. The fourth-order valence-electron chi connectivity index (χ4n) is 5.36. The van der Waals surface area contributed by atoms with Gasteiger partial charge in [-0.25, -0.2) is 0 Å². The van der Waals surface area contributed by atoms with Crippen LogP contribution >= 0.6 is 7.60 Å². The Balaban J connectivity index is 2.11.